The van der Waals surface area contributed by atoms with Crippen molar-refractivity contribution in [3.05, 3.63) is 66.0 Å². The summed E-state index contributed by atoms with van der Waals surface area (Å²) in [5, 5.41) is 10.1. The number of carbonyl (C=O) groups is 1. The predicted octanol–water partition coefficient (Wildman–Crippen LogP) is 2.33. The van der Waals surface area contributed by atoms with Gasteiger partial charge in [-0.1, -0.05) is 36.4 Å². The Morgan fingerprint density at radius 1 is 1.15 bits per heavy atom. The molecule has 20 heavy (non-hydrogen) atoms. The molecule has 0 aliphatic heterocycles. The smallest absolute Gasteiger partial charge is 0.256 e. The standard InChI is InChI=1S/C16H18N2O2/c1-12(14-9-6-10-17-11-14)18(2)16(20)15(19)13-7-4-3-5-8-13/h3-12,15,19H,1-2H3. The van der Waals surface area contributed by atoms with Crippen LogP contribution < -0.4 is 0 Å². The molecule has 104 valence electrons. The highest BCUT2D eigenvalue weighted by molar-refractivity contribution is 5.82. The summed E-state index contributed by atoms with van der Waals surface area (Å²) in [6.45, 7) is 1.91. The van der Waals surface area contributed by atoms with Crippen molar-refractivity contribution < 1.29 is 9.90 Å². The number of carbonyl (C=O) groups excluding carboxylic acids is 1. The minimum atomic E-state index is -1.14. The SMILES string of the molecule is CC(c1cccnc1)N(C)C(=O)C(O)c1ccccc1. The van der Waals surface area contributed by atoms with E-state index < -0.39 is 6.10 Å². The number of hydrogen-bond acceptors (Lipinski definition) is 3. The topological polar surface area (TPSA) is 53.4 Å². The van der Waals surface area contributed by atoms with Crippen molar-refractivity contribution in [3.63, 3.8) is 0 Å². The number of amides is 1. The molecule has 2 unspecified atom stereocenters. The van der Waals surface area contributed by atoms with E-state index in [4.69, 9.17) is 0 Å². The molecule has 0 saturated heterocycles. The summed E-state index contributed by atoms with van der Waals surface area (Å²) < 4.78 is 0. The van der Waals surface area contributed by atoms with Crippen molar-refractivity contribution in [3.8, 4) is 0 Å². The monoisotopic (exact) mass is 270 g/mol. The lowest BCUT2D eigenvalue weighted by molar-refractivity contribution is -0.141. The molecule has 4 heteroatoms. The quantitative estimate of drug-likeness (QED) is 0.927. The lowest BCUT2D eigenvalue weighted by atomic mass is 10.1. The third-order valence-electron chi connectivity index (χ3n) is 3.44. The van der Waals surface area contributed by atoms with Crippen LogP contribution in [0.3, 0.4) is 0 Å². The number of nitrogens with zero attached hydrogens (tertiary/aromatic N) is 2. The van der Waals surface area contributed by atoms with Crippen LogP contribution in [0.15, 0.2) is 54.9 Å². The van der Waals surface area contributed by atoms with Crippen LogP contribution in [0.1, 0.15) is 30.2 Å². The second kappa shape index (κ2) is 6.30. The molecule has 1 aromatic carbocycles. The molecule has 2 rings (SSSR count). The van der Waals surface area contributed by atoms with Crippen molar-refractivity contribution in [1.29, 1.82) is 0 Å². The van der Waals surface area contributed by atoms with Crippen molar-refractivity contribution >= 4 is 5.91 Å². The summed E-state index contributed by atoms with van der Waals surface area (Å²) in [6, 6.07) is 12.5. The maximum Gasteiger partial charge on any atom is 0.256 e. The van der Waals surface area contributed by atoms with E-state index in [1.165, 1.54) is 4.90 Å². The van der Waals surface area contributed by atoms with Crippen molar-refractivity contribution in [2.75, 3.05) is 7.05 Å². The van der Waals surface area contributed by atoms with Gasteiger partial charge in [-0.25, -0.2) is 0 Å². The van der Waals surface area contributed by atoms with E-state index in [9.17, 15) is 9.90 Å². The number of aliphatic hydroxyl groups is 1. The largest absolute Gasteiger partial charge is 0.378 e. The first-order valence-electron chi connectivity index (χ1n) is 6.51. The zero-order valence-corrected chi connectivity index (χ0v) is 11.6. The third kappa shape index (κ3) is 3.03. The van der Waals surface area contributed by atoms with Crippen LogP contribution >= 0.6 is 0 Å². The highest BCUT2D eigenvalue weighted by Gasteiger charge is 2.25. The van der Waals surface area contributed by atoms with Gasteiger partial charge in [-0.3, -0.25) is 9.78 Å². The molecule has 0 radical (unpaired) electrons. The molecule has 2 atom stereocenters. The maximum absolute atomic E-state index is 12.3. The average molecular weight is 270 g/mol. The highest BCUT2D eigenvalue weighted by atomic mass is 16.3. The van der Waals surface area contributed by atoms with Gasteiger partial charge in [0.25, 0.3) is 5.91 Å². The lowest BCUT2D eigenvalue weighted by Gasteiger charge is -2.27. The van der Waals surface area contributed by atoms with Crippen molar-refractivity contribution in [2.45, 2.75) is 19.1 Å². The number of pyridine rings is 1. The first-order chi connectivity index (χ1) is 9.61. The van der Waals surface area contributed by atoms with Crippen LogP contribution in [0.2, 0.25) is 0 Å². The molecule has 0 aliphatic carbocycles. The minimum absolute atomic E-state index is 0.144. The summed E-state index contributed by atoms with van der Waals surface area (Å²) in [7, 11) is 1.69. The molecular weight excluding hydrogens is 252 g/mol. The normalized spacial score (nSPS) is 13.6. The molecule has 0 aliphatic rings. The molecule has 0 bridgehead atoms. The summed E-state index contributed by atoms with van der Waals surface area (Å²) >= 11 is 0. The zero-order chi connectivity index (χ0) is 14.5. The van der Waals surface area contributed by atoms with Gasteiger partial charge in [0, 0.05) is 19.4 Å². The van der Waals surface area contributed by atoms with Gasteiger partial charge < -0.3 is 10.0 Å². The van der Waals surface area contributed by atoms with Crippen LogP contribution in [0.5, 0.6) is 0 Å². The summed E-state index contributed by atoms with van der Waals surface area (Å²) in [6.07, 6.45) is 2.28. The number of hydrogen-bond donors (Lipinski definition) is 1. The van der Waals surface area contributed by atoms with Crippen LogP contribution in [0, 0.1) is 0 Å². The average Bonchev–Trinajstić information content (AvgIpc) is 2.53. The lowest BCUT2D eigenvalue weighted by Crippen LogP contribution is -2.34. The number of benzene rings is 1. The molecular formula is C16H18N2O2. The fourth-order valence-electron chi connectivity index (χ4n) is 2.01. The maximum atomic E-state index is 12.3. The van der Waals surface area contributed by atoms with Gasteiger partial charge in [-0.2, -0.15) is 0 Å². The second-order valence-electron chi connectivity index (χ2n) is 4.72. The first-order valence-corrected chi connectivity index (χ1v) is 6.51. The molecule has 0 spiro atoms. The van der Waals surface area contributed by atoms with Crippen molar-refractivity contribution in [1.82, 2.24) is 9.88 Å². The van der Waals surface area contributed by atoms with Crippen LogP contribution in [0.4, 0.5) is 0 Å². The number of likely N-dealkylation sites (N-methyl/N-ethyl adjacent to an activating group) is 1. The van der Waals surface area contributed by atoms with Gasteiger partial charge in [-0.05, 0) is 24.1 Å². The molecule has 0 saturated carbocycles. The van der Waals surface area contributed by atoms with Crippen LogP contribution in [-0.2, 0) is 4.79 Å². The molecule has 1 heterocycles. The van der Waals surface area contributed by atoms with Gasteiger partial charge in [-0.15, -0.1) is 0 Å². The summed E-state index contributed by atoms with van der Waals surface area (Å²) in [5.74, 6) is -0.326. The van der Waals surface area contributed by atoms with Gasteiger partial charge in [0.05, 0.1) is 6.04 Å². The minimum Gasteiger partial charge on any atom is -0.378 e. The zero-order valence-electron chi connectivity index (χ0n) is 11.6. The number of rotatable bonds is 4. The van der Waals surface area contributed by atoms with E-state index in [0.717, 1.165) is 5.56 Å². The van der Waals surface area contributed by atoms with Crippen LogP contribution in [0.25, 0.3) is 0 Å². The van der Waals surface area contributed by atoms with E-state index in [2.05, 4.69) is 4.98 Å². The molecule has 1 amide bonds. The Labute approximate surface area is 118 Å². The Morgan fingerprint density at radius 2 is 1.80 bits per heavy atom. The molecule has 1 N–H and O–H groups in total. The molecule has 0 fully saturated rings. The van der Waals surface area contributed by atoms with E-state index >= 15 is 0 Å². The Bertz CT molecular complexity index is 557. The van der Waals surface area contributed by atoms with Crippen LogP contribution in [-0.4, -0.2) is 27.9 Å². The van der Waals surface area contributed by atoms with E-state index in [0.29, 0.717) is 5.56 Å². The van der Waals surface area contributed by atoms with Gasteiger partial charge >= 0.3 is 0 Å². The summed E-state index contributed by atoms with van der Waals surface area (Å²) in [4.78, 5) is 17.9. The Hall–Kier alpha value is -2.20. The van der Waals surface area contributed by atoms with E-state index in [-0.39, 0.29) is 11.9 Å². The van der Waals surface area contributed by atoms with Crippen molar-refractivity contribution in [2.24, 2.45) is 0 Å². The summed E-state index contributed by atoms with van der Waals surface area (Å²) in [5.41, 5.74) is 1.53. The number of aromatic nitrogens is 1. The molecule has 4 nitrogen and oxygen atoms in total. The first kappa shape index (κ1) is 14.2. The highest BCUT2D eigenvalue weighted by Crippen LogP contribution is 2.22. The fourth-order valence-corrected chi connectivity index (χ4v) is 2.01. The predicted molar refractivity (Wildman–Crippen MR) is 76.8 cm³/mol. The fraction of sp³-hybridized carbons (Fsp3) is 0.250. The Morgan fingerprint density at radius 3 is 2.40 bits per heavy atom. The van der Waals surface area contributed by atoms with E-state index in [1.807, 2.05) is 25.1 Å². The Balaban J connectivity index is 2.13. The van der Waals surface area contributed by atoms with E-state index in [1.54, 1.807) is 43.7 Å². The Kier molecular flexibility index (Phi) is 4.48. The molecule has 1 aromatic heterocycles. The van der Waals surface area contributed by atoms with Gasteiger partial charge in [0.15, 0.2) is 6.10 Å². The number of aliphatic hydroxyl groups excluding tert-OH is 1. The van der Waals surface area contributed by atoms with Gasteiger partial charge in [0.2, 0.25) is 0 Å². The molecule has 2 aromatic rings. The second-order valence-corrected chi connectivity index (χ2v) is 4.72. The third-order valence-corrected chi connectivity index (χ3v) is 3.44. The van der Waals surface area contributed by atoms with Gasteiger partial charge in [0.1, 0.15) is 0 Å².